The first-order chi connectivity index (χ1) is 15.0. The van der Waals surface area contributed by atoms with Gasteiger partial charge < -0.3 is 19.3 Å². The average molecular weight is 451 g/mol. The van der Waals surface area contributed by atoms with Crippen molar-refractivity contribution in [3.63, 3.8) is 0 Å². The zero-order valence-corrected chi connectivity index (χ0v) is 17.6. The van der Waals surface area contributed by atoms with E-state index in [-0.39, 0.29) is 36.4 Å². The van der Waals surface area contributed by atoms with E-state index in [9.17, 15) is 13.5 Å². The number of hydrogen-bond acceptors (Lipinski definition) is 8. The molecular weight excluding hydrogens is 424 g/mol. The topological polar surface area (TPSA) is 126 Å². The monoisotopic (exact) mass is 450 g/mol. The molecule has 0 unspecified atom stereocenters. The van der Waals surface area contributed by atoms with E-state index < -0.39 is 22.2 Å². The van der Waals surface area contributed by atoms with Gasteiger partial charge in [0.15, 0.2) is 0 Å². The van der Waals surface area contributed by atoms with Gasteiger partial charge in [0.05, 0.1) is 36.0 Å². The van der Waals surface area contributed by atoms with Crippen LogP contribution in [-0.2, 0) is 30.8 Å². The predicted molar refractivity (Wildman–Crippen MR) is 111 cm³/mol. The van der Waals surface area contributed by atoms with Gasteiger partial charge in [-0.2, -0.15) is 0 Å². The number of sulfonamides is 1. The predicted octanol–water partition coefficient (Wildman–Crippen LogP) is 1.27. The van der Waals surface area contributed by atoms with Crippen LogP contribution in [0.15, 0.2) is 59.5 Å². The van der Waals surface area contributed by atoms with Crippen molar-refractivity contribution in [2.45, 2.75) is 48.4 Å². The molecule has 2 aliphatic rings. The van der Waals surface area contributed by atoms with Crippen LogP contribution in [0, 0.1) is 0 Å². The summed E-state index contributed by atoms with van der Waals surface area (Å²) in [5.41, 5.74) is 3.36. The number of aliphatic hydroxyl groups excluding tert-OH is 1. The summed E-state index contributed by atoms with van der Waals surface area (Å²) < 4.78 is 45.6. The molecule has 4 N–H and O–H groups in total. The number of aliphatic hydroxyl groups is 1. The van der Waals surface area contributed by atoms with Crippen molar-refractivity contribution in [1.29, 1.82) is 0 Å². The number of fused-ring (bicyclic) bond motifs is 1. The molecular formula is C21H26N2O7S. The fourth-order valence-corrected chi connectivity index (χ4v) is 5.00. The molecule has 2 aromatic carbocycles. The van der Waals surface area contributed by atoms with Crippen LogP contribution in [0.4, 0.5) is 5.69 Å². The van der Waals surface area contributed by atoms with E-state index in [0.29, 0.717) is 18.7 Å². The summed E-state index contributed by atoms with van der Waals surface area (Å²) in [5, 5.41) is 18.5. The van der Waals surface area contributed by atoms with Crippen LogP contribution in [-0.4, -0.2) is 62.4 Å². The van der Waals surface area contributed by atoms with Crippen molar-refractivity contribution in [3.8, 4) is 0 Å². The van der Waals surface area contributed by atoms with Gasteiger partial charge in [-0.25, -0.2) is 13.1 Å². The lowest BCUT2D eigenvalue weighted by Crippen LogP contribution is -2.38. The Labute approximate surface area is 181 Å². The van der Waals surface area contributed by atoms with Gasteiger partial charge >= 0.3 is 0 Å². The molecule has 0 aliphatic carbocycles. The molecule has 0 aromatic heterocycles. The highest BCUT2D eigenvalue weighted by atomic mass is 32.2. The second kappa shape index (κ2) is 9.61. The van der Waals surface area contributed by atoms with Gasteiger partial charge in [-0.05, 0) is 29.8 Å². The number of benzene rings is 2. The van der Waals surface area contributed by atoms with Crippen LogP contribution in [0.3, 0.4) is 0 Å². The van der Waals surface area contributed by atoms with Crippen molar-refractivity contribution < 1.29 is 32.9 Å². The molecule has 10 heteroatoms. The third-order valence-corrected chi connectivity index (χ3v) is 6.95. The molecule has 31 heavy (non-hydrogen) atoms. The van der Waals surface area contributed by atoms with Gasteiger partial charge in [-0.3, -0.25) is 10.7 Å². The Morgan fingerprint density at radius 1 is 1.06 bits per heavy atom. The number of ether oxygens (including phenoxy) is 3. The SMILES string of the molecule is O=S(=O)(NC[C@H]1C[C@@H]2O[C@H](CO)[C@@H](OCc3ccccc3)[C@H]2O1)c1ccc(NO)cc1. The second-order valence-corrected chi connectivity index (χ2v) is 9.37. The van der Waals surface area contributed by atoms with E-state index in [2.05, 4.69) is 4.72 Å². The average Bonchev–Trinajstić information content (AvgIpc) is 3.34. The Bertz CT molecular complexity index is 955. The van der Waals surface area contributed by atoms with Crippen molar-refractivity contribution in [2.75, 3.05) is 18.6 Å². The molecule has 0 bridgehead atoms. The van der Waals surface area contributed by atoms with Crippen molar-refractivity contribution in [1.82, 2.24) is 4.72 Å². The van der Waals surface area contributed by atoms with Crippen LogP contribution in [0.1, 0.15) is 12.0 Å². The maximum atomic E-state index is 12.5. The van der Waals surface area contributed by atoms with E-state index in [4.69, 9.17) is 19.4 Å². The molecule has 4 rings (SSSR count). The van der Waals surface area contributed by atoms with Crippen LogP contribution in [0.25, 0.3) is 0 Å². The largest absolute Gasteiger partial charge is 0.394 e. The number of anilines is 1. The third-order valence-electron chi connectivity index (χ3n) is 5.51. The molecule has 2 saturated heterocycles. The minimum Gasteiger partial charge on any atom is -0.394 e. The Morgan fingerprint density at radius 3 is 2.48 bits per heavy atom. The van der Waals surface area contributed by atoms with Gasteiger partial charge in [0.25, 0.3) is 0 Å². The summed E-state index contributed by atoms with van der Waals surface area (Å²) in [4.78, 5) is 0.0883. The first-order valence-electron chi connectivity index (χ1n) is 10.1. The van der Waals surface area contributed by atoms with Crippen LogP contribution >= 0.6 is 0 Å². The number of hydrogen-bond donors (Lipinski definition) is 4. The van der Waals surface area contributed by atoms with E-state index in [0.717, 1.165) is 5.56 Å². The van der Waals surface area contributed by atoms with Gasteiger partial charge in [-0.1, -0.05) is 30.3 Å². The highest BCUT2D eigenvalue weighted by Gasteiger charge is 2.51. The summed E-state index contributed by atoms with van der Waals surface area (Å²) >= 11 is 0. The van der Waals surface area contributed by atoms with E-state index in [1.165, 1.54) is 24.3 Å². The fourth-order valence-electron chi connectivity index (χ4n) is 3.94. The molecule has 2 fully saturated rings. The maximum Gasteiger partial charge on any atom is 0.240 e. The highest BCUT2D eigenvalue weighted by molar-refractivity contribution is 7.89. The molecule has 0 amide bonds. The Balaban J connectivity index is 1.34. The Hall–Kier alpha value is -2.05. The molecule has 0 radical (unpaired) electrons. The molecule has 0 saturated carbocycles. The van der Waals surface area contributed by atoms with Crippen molar-refractivity contribution in [3.05, 3.63) is 60.2 Å². The molecule has 5 atom stereocenters. The lowest BCUT2D eigenvalue weighted by molar-refractivity contribution is -0.0907. The minimum absolute atomic E-state index is 0.0883. The molecule has 2 aliphatic heterocycles. The minimum atomic E-state index is -3.72. The van der Waals surface area contributed by atoms with Gasteiger partial charge in [0.2, 0.25) is 10.0 Å². The van der Waals surface area contributed by atoms with E-state index in [1.54, 1.807) is 0 Å². The van der Waals surface area contributed by atoms with E-state index >= 15 is 0 Å². The molecule has 2 aromatic rings. The second-order valence-electron chi connectivity index (χ2n) is 7.60. The van der Waals surface area contributed by atoms with Gasteiger partial charge in [0, 0.05) is 13.0 Å². The van der Waals surface area contributed by atoms with Crippen molar-refractivity contribution >= 4 is 15.7 Å². The smallest absolute Gasteiger partial charge is 0.240 e. The maximum absolute atomic E-state index is 12.5. The summed E-state index contributed by atoms with van der Waals surface area (Å²) in [7, 11) is -3.72. The third kappa shape index (κ3) is 5.07. The number of rotatable bonds is 9. The van der Waals surface area contributed by atoms with E-state index in [1.807, 2.05) is 35.8 Å². The highest BCUT2D eigenvalue weighted by Crippen LogP contribution is 2.36. The Kier molecular flexibility index (Phi) is 6.87. The van der Waals surface area contributed by atoms with Crippen LogP contribution in [0.2, 0.25) is 0 Å². The van der Waals surface area contributed by atoms with Gasteiger partial charge in [-0.15, -0.1) is 0 Å². The zero-order chi connectivity index (χ0) is 21.8. The van der Waals surface area contributed by atoms with Crippen LogP contribution in [0.5, 0.6) is 0 Å². The van der Waals surface area contributed by atoms with Crippen molar-refractivity contribution in [2.24, 2.45) is 0 Å². The zero-order valence-electron chi connectivity index (χ0n) is 16.8. The van der Waals surface area contributed by atoms with Gasteiger partial charge in [0.1, 0.15) is 18.3 Å². The number of nitrogens with one attached hydrogen (secondary N) is 2. The quantitative estimate of drug-likeness (QED) is 0.421. The first-order valence-corrected chi connectivity index (χ1v) is 11.6. The molecule has 0 spiro atoms. The summed E-state index contributed by atoms with van der Waals surface area (Å²) in [6.07, 6.45) is -1.41. The summed E-state index contributed by atoms with van der Waals surface area (Å²) in [6, 6.07) is 15.4. The molecule has 2 heterocycles. The summed E-state index contributed by atoms with van der Waals surface area (Å²) in [6.45, 7) is 0.285. The molecule has 168 valence electrons. The fraction of sp³-hybridized carbons (Fsp3) is 0.429. The Morgan fingerprint density at radius 2 is 1.81 bits per heavy atom. The first kappa shape index (κ1) is 22.2. The van der Waals surface area contributed by atoms with Crippen LogP contribution < -0.4 is 10.2 Å². The molecule has 9 nitrogen and oxygen atoms in total. The lowest BCUT2D eigenvalue weighted by Gasteiger charge is -2.23. The lowest BCUT2D eigenvalue weighted by atomic mass is 10.1. The normalized spacial score (nSPS) is 27.9. The standard InChI is InChI=1S/C21H26N2O7S/c24-12-19-20(28-13-14-4-2-1-3-5-14)21-18(30-19)10-16(29-21)11-22-31(26,27)17-8-6-15(23-25)7-9-17/h1-9,16,18-25H,10-13H2/t16-,18+,19-,20-,21+/m1/s1. The summed E-state index contributed by atoms with van der Waals surface area (Å²) in [5.74, 6) is 0.